The molecule has 0 radical (unpaired) electrons. The average molecular weight is 379 g/mol. The van der Waals surface area contributed by atoms with Crippen molar-refractivity contribution in [3.8, 4) is 0 Å². The lowest BCUT2D eigenvalue weighted by Gasteiger charge is -2.33. The highest BCUT2D eigenvalue weighted by Crippen LogP contribution is 2.30. The monoisotopic (exact) mass is 379 g/mol. The predicted octanol–water partition coefficient (Wildman–Crippen LogP) is 1.16. The van der Waals surface area contributed by atoms with Gasteiger partial charge in [-0.2, -0.15) is 0 Å². The summed E-state index contributed by atoms with van der Waals surface area (Å²) in [6.07, 6.45) is 9.69. The van der Waals surface area contributed by atoms with E-state index in [9.17, 15) is 14.8 Å². The average Bonchev–Trinajstić information content (AvgIpc) is 3.16. The van der Waals surface area contributed by atoms with Crippen molar-refractivity contribution in [3.63, 3.8) is 0 Å². The first-order chi connectivity index (χ1) is 13.5. The van der Waals surface area contributed by atoms with Gasteiger partial charge in [-0.05, 0) is 66.2 Å². The third kappa shape index (κ3) is 3.78. The van der Waals surface area contributed by atoms with E-state index in [4.69, 9.17) is 5.73 Å². The molecule has 5 N–H and O–H groups in total. The number of nitrogens with one attached hydrogen (secondary N) is 1. The van der Waals surface area contributed by atoms with Crippen LogP contribution in [0.4, 0.5) is 0 Å². The van der Waals surface area contributed by atoms with Crippen LogP contribution in [0, 0.1) is 11.8 Å². The number of hydrogen-bond donors (Lipinski definition) is 4. The summed E-state index contributed by atoms with van der Waals surface area (Å²) in [7, 11) is -1.51. The van der Waals surface area contributed by atoms with Gasteiger partial charge in [0.05, 0.1) is 0 Å². The Morgan fingerprint density at radius 1 is 1.25 bits per heavy atom. The molecule has 2 heterocycles. The Hall–Kier alpha value is -2.35. The molecular formula is C21H26BN3O3. The van der Waals surface area contributed by atoms with Crippen LogP contribution in [0.25, 0.3) is 10.9 Å². The summed E-state index contributed by atoms with van der Waals surface area (Å²) in [5.41, 5.74) is 8.95. The van der Waals surface area contributed by atoms with E-state index in [0.29, 0.717) is 29.5 Å². The summed E-state index contributed by atoms with van der Waals surface area (Å²) in [5, 5.41) is 19.4. The molecule has 6 nitrogen and oxygen atoms in total. The van der Waals surface area contributed by atoms with Crippen molar-refractivity contribution in [3.05, 3.63) is 53.8 Å². The van der Waals surface area contributed by atoms with E-state index >= 15 is 0 Å². The summed E-state index contributed by atoms with van der Waals surface area (Å²) in [6.45, 7) is 2.15. The summed E-state index contributed by atoms with van der Waals surface area (Å²) in [4.78, 5) is 18.0. The second-order valence-corrected chi connectivity index (χ2v) is 7.77. The molecule has 1 amide bonds. The molecular weight excluding hydrogens is 353 g/mol. The number of piperidine rings is 1. The number of aromatic amines is 1. The molecule has 1 unspecified atom stereocenters. The highest BCUT2D eigenvalue weighted by atomic mass is 16.4. The Kier molecular flexibility index (Phi) is 5.39. The topological polar surface area (TPSA) is 103 Å². The second kappa shape index (κ2) is 7.95. The fourth-order valence-corrected chi connectivity index (χ4v) is 4.22. The van der Waals surface area contributed by atoms with Crippen LogP contribution in [-0.2, 0) is 0 Å². The highest BCUT2D eigenvalue weighted by molar-refractivity contribution is 6.58. The van der Waals surface area contributed by atoms with Gasteiger partial charge >= 0.3 is 7.12 Å². The van der Waals surface area contributed by atoms with Crippen molar-refractivity contribution in [2.45, 2.75) is 19.3 Å². The number of aromatic nitrogens is 1. The van der Waals surface area contributed by atoms with Crippen LogP contribution >= 0.6 is 0 Å². The molecule has 146 valence electrons. The molecule has 2 aliphatic rings. The number of H-pyrrole nitrogens is 1. The Morgan fingerprint density at radius 2 is 2.04 bits per heavy atom. The van der Waals surface area contributed by atoms with Gasteiger partial charge in [0.1, 0.15) is 5.69 Å². The Labute approximate surface area is 164 Å². The van der Waals surface area contributed by atoms with Crippen LogP contribution in [0.3, 0.4) is 0 Å². The predicted molar refractivity (Wildman–Crippen MR) is 111 cm³/mol. The van der Waals surface area contributed by atoms with Crippen molar-refractivity contribution in [1.29, 1.82) is 0 Å². The van der Waals surface area contributed by atoms with Gasteiger partial charge < -0.3 is 25.7 Å². The number of nitrogens with two attached hydrogens (primary N) is 1. The minimum Gasteiger partial charge on any atom is -0.423 e. The van der Waals surface area contributed by atoms with Crippen molar-refractivity contribution >= 4 is 29.4 Å². The number of amides is 1. The van der Waals surface area contributed by atoms with Crippen molar-refractivity contribution < 1.29 is 14.8 Å². The van der Waals surface area contributed by atoms with E-state index in [-0.39, 0.29) is 5.91 Å². The first-order valence-corrected chi connectivity index (χ1v) is 9.91. The van der Waals surface area contributed by atoms with E-state index < -0.39 is 7.12 Å². The maximum absolute atomic E-state index is 12.9. The largest absolute Gasteiger partial charge is 0.488 e. The van der Waals surface area contributed by atoms with Gasteiger partial charge in [0.25, 0.3) is 5.91 Å². The van der Waals surface area contributed by atoms with Gasteiger partial charge in [0.15, 0.2) is 0 Å². The smallest absolute Gasteiger partial charge is 0.423 e. The number of nitrogens with zero attached hydrogens (tertiary/aromatic N) is 1. The van der Waals surface area contributed by atoms with Gasteiger partial charge in [-0.15, -0.1) is 0 Å². The van der Waals surface area contributed by atoms with E-state index in [0.717, 1.165) is 43.3 Å². The Bertz CT molecular complexity index is 926. The van der Waals surface area contributed by atoms with Gasteiger partial charge in [0, 0.05) is 18.6 Å². The van der Waals surface area contributed by atoms with Crippen LogP contribution in [0.1, 0.15) is 29.8 Å². The standard InChI is InChI=1S/C21H26BN3O3/c23-13-14-2-1-3-16(10-14)15-6-8-25(9-7-15)21(26)20-12-17-11-18(22(27)28)4-5-19(17)24-20/h1,3-5,10-12,14-15,24,27-28H,2,6-9,13,23H2. The van der Waals surface area contributed by atoms with Crippen molar-refractivity contribution in [2.75, 3.05) is 19.6 Å². The third-order valence-corrected chi connectivity index (χ3v) is 5.91. The lowest BCUT2D eigenvalue weighted by molar-refractivity contribution is 0.0698. The van der Waals surface area contributed by atoms with Crippen LogP contribution < -0.4 is 11.2 Å². The second-order valence-electron chi connectivity index (χ2n) is 7.77. The molecule has 28 heavy (non-hydrogen) atoms. The zero-order valence-electron chi connectivity index (χ0n) is 15.8. The molecule has 1 aliphatic carbocycles. The van der Waals surface area contributed by atoms with Gasteiger partial charge in [0.2, 0.25) is 0 Å². The molecule has 1 aromatic heterocycles. The molecule has 1 aliphatic heterocycles. The molecule has 1 saturated heterocycles. The number of likely N-dealkylation sites (tertiary alicyclic amines) is 1. The third-order valence-electron chi connectivity index (χ3n) is 5.91. The molecule has 1 fully saturated rings. The van der Waals surface area contributed by atoms with Crippen molar-refractivity contribution in [1.82, 2.24) is 9.88 Å². The Balaban J connectivity index is 1.43. The number of carbonyl (C=O) groups is 1. The zero-order chi connectivity index (χ0) is 19.7. The van der Waals surface area contributed by atoms with Crippen LogP contribution in [0.5, 0.6) is 0 Å². The Morgan fingerprint density at radius 3 is 2.75 bits per heavy atom. The molecule has 2 aromatic rings. The van der Waals surface area contributed by atoms with Crippen LogP contribution in [-0.4, -0.2) is 52.6 Å². The summed E-state index contributed by atoms with van der Waals surface area (Å²) >= 11 is 0. The lowest BCUT2D eigenvalue weighted by Crippen LogP contribution is -2.39. The minimum absolute atomic E-state index is 0.00579. The number of hydrogen-bond acceptors (Lipinski definition) is 4. The quantitative estimate of drug-likeness (QED) is 0.599. The fourth-order valence-electron chi connectivity index (χ4n) is 4.22. The first kappa shape index (κ1) is 19.0. The SMILES string of the molecule is NCC1C=C(C2CCN(C(=O)c3cc4cc(B(O)O)ccc4[nH]3)CC2)C=CC1. The number of benzene rings is 1. The first-order valence-electron chi connectivity index (χ1n) is 9.91. The number of fused-ring (bicyclic) bond motifs is 1. The highest BCUT2D eigenvalue weighted by Gasteiger charge is 2.27. The number of carbonyl (C=O) groups excluding carboxylic acids is 1. The molecule has 0 spiro atoms. The van der Waals surface area contributed by atoms with Gasteiger partial charge in [-0.3, -0.25) is 4.79 Å². The number of allylic oxidation sites excluding steroid dienone is 3. The van der Waals surface area contributed by atoms with E-state index in [1.165, 1.54) is 5.57 Å². The maximum atomic E-state index is 12.9. The zero-order valence-corrected chi connectivity index (χ0v) is 15.8. The lowest BCUT2D eigenvalue weighted by atomic mass is 9.80. The fraction of sp³-hybridized carbons (Fsp3) is 0.381. The van der Waals surface area contributed by atoms with Gasteiger partial charge in [-0.1, -0.05) is 30.4 Å². The van der Waals surface area contributed by atoms with Crippen LogP contribution in [0.15, 0.2) is 48.1 Å². The molecule has 7 heteroatoms. The van der Waals surface area contributed by atoms with E-state index in [1.54, 1.807) is 24.3 Å². The maximum Gasteiger partial charge on any atom is 0.488 e. The molecule has 0 saturated carbocycles. The number of rotatable bonds is 4. The molecule has 1 atom stereocenters. The summed E-state index contributed by atoms with van der Waals surface area (Å²) in [6, 6.07) is 6.88. The summed E-state index contributed by atoms with van der Waals surface area (Å²) < 4.78 is 0. The normalized spacial score (nSPS) is 20.5. The molecule has 0 bridgehead atoms. The molecule has 4 rings (SSSR count). The van der Waals surface area contributed by atoms with Crippen LogP contribution in [0.2, 0.25) is 0 Å². The van der Waals surface area contributed by atoms with E-state index in [2.05, 4.69) is 23.2 Å². The minimum atomic E-state index is -1.51. The van der Waals surface area contributed by atoms with Gasteiger partial charge in [-0.25, -0.2) is 0 Å². The van der Waals surface area contributed by atoms with E-state index in [1.807, 2.05) is 4.90 Å². The summed E-state index contributed by atoms with van der Waals surface area (Å²) in [5.74, 6) is 0.924. The van der Waals surface area contributed by atoms with Crippen molar-refractivity contribution in [2.24, 2.45) is 17.6 Å². The molecule has 1 aromatic carbocycles.